The van der Waals surface area contributed by atoms with Crippen LogP contribution < -0.4 is 0 Å². The highest BCUT2D eigenvalue weighted by Gasteiger charge is 2.43. The molecule has 2 fully saturated rings. The number of carbonyl (C=O) groups is 1. The van der Waals surface area contributed by atoms with Crippen LogP contribution >= 0.6 is 0 Å². The molecule has 4 rings (SSSR count). The molecule has 0 radical (unpaired) electrons. The predicted molar refractivity (Wildman–Crippen MR) is 90.5 cm³/mol. The minimum atomic E-state index is -0.0171. The lowest BCUT2D eigenvalue weighted by atomic mass is 10.1. The molecule has 2 aromatic heterocycles. The largest absolute Gasteiger partial charge is 0.396 e. The number of ether oxygens (including phenoxy) is 1. The molecular formula is C18H22N4O3. The molecule has 0 unspecified atom stereocenters. The number of pyridine rings is 1. The summed E-state index contributed by atoms with van der Waals surface area (Å²) >= 11 is 0. The van der Waals surface area contributed by atoms with Crippen molar-refractivity contribution >= 4 is 5.91 Å². The molecule has 1 saturated heterocycles. The Hall–Kier alpha value is -2.25. The van der Waals surface area contributed by atoms with Crippen LogP contribution in [0, 0.1) is 12.8 Å². The third kappa shape index (κ3) is 2.83. The average Bonchev–Trinajstić information content (AvgIpc) is 3.24. The highest BCUT2D eigenvalue weighted by atomic mass is 16.5. The molecule has 0 aromatic carbocycles. The molecule has 3 atom stereocenters. The smallest absolute Gasteiger partial charge is 0.257 e. The molecule has 2 aliphatic rings. The molecule has 2 aromatic rings. The van der Waals surface area contributed by atoms with E-state index in [0.717, 1.165) is 18.5 Å². The summed E-state index contributed by atoms with van der Waals surface area (Å²) in [6, 6.07) is 5.64. The van der Waals surface area contributed by atoms with Gasteiger partial charge in [-0.2, -0.15) is 5.10 Å². The standard InChI is InChI=1S/C18H22N4O3/c1-12-14(10-20-22(12)17-4-2-3-5-19-17)18(24)21-6-7-25-16-9-13(11-23)8-15(16)21/h2-5,10,13,15-16,23H,6-9,11H2,1H3/t13-,15+,16+/m1/s1. The second kappa shape index (κ2) is 6.57. The van der Waals surface area contributed by atoms with E-state index in [4.69, 9.17) is 4.74 Å². The number of fused-ring (bicyclic) bond motifs is 1. The van der Waals surface area contributed by atoms with Crippen LogP contribution in [0.4, 0.5) is 0 Å². The Labute approximate surface area is 146 Å². The van der Waals surface area contributed by atoms with E-state index in [-0.39, 0.29) is 30.6 Å². The highest BCUT2D eigenvalue weighted by Crippen LogP contribution is 2.34. The summed E-state index contributed by atoms with van der Waals surface area (Å²) in [4.78, 5) is 19.3. The van der Waals surface area contributed by atoms with Crippen LogP contribution in [0.1, 0.15) is 28.9 Å². The van der Waals surface area contributed by atoms with E-state index in [1.54, 1.807) is 17.1 Å². The third-order valence-electron chi connectivity index (χ3n) is 5.26. The summed E-state index contributed by atoms with van der Waals surface area (Å²) in [6.45, 7) is 3.15. The van der Waals surface area contributed by atoms with Crippen molar-refractivity contribution in [1.82, 2.24) is 19.7 Å². The first-order valence-electron chi connectivity index (χ1n) is 8.68. The molecule has 7 nitrogen and oxygen atoms in total. The first kappa shape index (κ1) is 16.2. The summed E-state index contributed by atoms with van der Waals surface area (Å²) in [5, 5.41) is 13.8. The van der Waals surface area contributed by atoms with Crippen LogP contribution in [-0.4, -0.2) is 62.6 Å². The highest BCUT2D eigenvalue weighted by molar-refractivity contribution is 5.95. The number of morpholine rings is 1. The topological polar surface area (TPSA) is 80.5 Å². The van der Waals surface area contributed by atoms with Gasteiger partial charge in [0, 0.05) is 19.3 Å². The number of aliphatic hydroxyl groups is 1. The summed E-state index contributed by atoms with van der Waals surface area (Å²) in [6.07, 6.45) is 4.96. The van der Waals surface area contributed by atoms with Crippen LogP contribution in [0.25, 0.3) is 5.82 Å². The van der Waals surface area contributed by atoms with Gasteiger partial charge in [-0.15, -0.1) is 0 Å². The third-order valence-corrected chi connectivity index (χ3v) is 5.26. The molecule has 3 heterocycles. The van der Waals surface area contributed by atoms with Gasteiger partial charge in [-0.1, -0.05) is 6.07 Å². The first-order chi connectivity index (χ1) is 12.2. The van der Waals surface area contributed by atoms with Crippen molar-refractivity contribution in [3.05, 3.63) is 41.9 Å². The van der Waals surface area contributed by atoms with Crippen LogP contribution in [0.3, 0.4) is 0 Å². The lowest BCUT2D eigenvalue weighted by Crippen LogP contribution is -2.51. The second-order valence-electron chi connectivity index (χ2n) is 6.74. The summed E-state index contributed by atoms with van der Waals surface area (Å²) in [5.41, 5.74) is 1.38. The van der Waals surface area contributed by atoms with Gasteiger partial charge < -0.3 is 14.7 Å². The quantitative estimate of drug-likeness (QED) is 0.906. The van der Waals surface area contributed by atoms with Gasteiger partial charge in [0.2, 0.25) is 0 Å². The zero-order valence-corrected chi connectivity index (χ0v) is 14.2. The normalized spacial score (nSPS) is 25.8. The molecule has 25 heavy (non-hydrogen) atoms. The van der Waals surface area contributed by atoms with Gasteiger partial charge in [-0.05, 0) is 37.8 Å². The van der Waals surface area contributed by atoms with E-state index >= 15 is 0 Å². The fourth-order valence-electron chi connectivity index (χ4n) is 3.94. The van der Waals surface area contributed by atoms with Crippen LogP contribution in [-0.2, 0) is 4.74 Å². The lowest BCUT2D eigenvalue weighted by molar-refractivity contribution is -0.0449. The van der Waals surface area contributed by atoms with Crippen molar-refractivity contribution in [2.45, 2.75) is 31.9 Å². The number of carbonyl (C=O) groups excluding carboxylic acids is 1. The molecule has 1 saturated carbocycles. The summed E-state index contributed by atoms with van der Waals surface area (Å²) < 4.78 is 7.51. The van der Waals surface area contributed by atoms with Gasteiger partial charge in [0.05, 0.1) is 36.2 Å². The lowest BCUT2D eigenvalue weighted by Gasteiger charge is -2.37. The maximum Gasteiger partial charge on any atom is 0.257 e. The molecule has 1 aliphatic carbocycles. The van der Waals surface area contributed by atoms with Gasteiger partial charge in [0.25, 0.3) is 5.91 Å². The number of rotatable bonds is 3. The van der Waals surface area contributed by atoms with Gasteiger partial charge in [0.1, 0.15) is 0 Å². The Balaban J connectivity index is 1.60. The monoisotopic (exact) mass is 342 g/mol. The van der Waals surface area contributed by atoms with Crippen molar-refractivity contribution in [2.75, 3.05) is 19.8 Å². The molecule has 0 spiro atoms. The number of aliphatic hydroxyl groups excluding tert-OH is 1. The number of nitrogens with zero attached hydrogens (tertiary/aromatic N) is 4. The minimum Gasteiger partial charge on any atom is -0.396 e. The summed E-state index contributed by atoms with van der Waals surface area (Å²) in [7, 11) is 0. The number of hydrogen-bond donors (Lipinski definition) is 1. The van der Waals surface area contributed by atoms with E-state index in [0.29, 0.717) is 24.5 Å². The van der Waals surface area contributed by atoms with Gasteiger partial charge in [0.15, 0.2) is 5.82 Å². The Morgan fingerprint density at radius 2 is 2.28 bits per heavy atom. The first-order valence-corrected chi connectivity index (χ1v) is 8.68. The zero-order valence-electron chi connectivity index (χ0n) is 14.2. The minimum absolute atomic E-state index is 0.0171. The Morgan fingerprint density at radius 3 is 3.04 bits per heavy atom. The molecule has 0 bridgehead atoms. The van der Waals surface area contributed by atoms with E-state index in [2.05, 4.69) is 10.1 Å². The molecule has 1 aliphatic heterocycles. The van der Waals surface area contributed by atoms with Gasteiger partial charge in [-0.25, -0.2) is 9.67 Å². The molecule has 132 valence electrons. The predicted octanol–water partition coefficient (Wildman–Crippen LogP) is 1.19. The summed E-state index contributed by atoms with van der Waals surface area (Å²) in [5.74, 6) is 0.887. The van der Waals surface area contributed by atoms with Crippen LogP contribution in [0.5, 0.6) is 0 Å². The van der Waals surface area contributed by atoms with Gasteiger partial charge >= 0.3 is 0 Å². The fourth-order valence-corrected chi connectivity index (χ4v) is 3.94. The molecule has 1 amide bonds. The van der Waals surface area contributed by atoms with E-state index in [1.165, 1.54) is 0 Å². The second-order valence-corrected chi connectivity index (χ2v) is 6.74. The van der Waals surface area contributed by atoms with Crippen molar-refractivity contribution in [2.24, 2.45) is 5.92 Å². The SMILES string of the molecule is Cc1c(C(=O)N2CCO[C@H]3C[C@H](CO)C[C@@H]32)cnn1-c1ccccn1. The zero-order chi connectivity index (χ0) is 17.4. The van der Waals surface area contributed by atoms with Crippen molar-refractivity contribution < 1.29 is 14.6 Å². The number of hydrogen-bond acceptors (Lipinski definition) is 5. The van der Waals surface area contributed by atoms with Crippen LogP contribution in [0.15, 0.2) is 30.6 Å². The van der Waals surface area contributed by atoms with E-state index < -0.39 is 0 Å². The maximum atomic E-state index is 13.1. The van der Waals surface area contributed by atoms with E-state index in [9.17, 15) is 9.90 Å². The van der Waals surface area contributed by atoms with Crippen molar-refractivity contribution in [1.29, 1.82) is 0 Å². The number of aromatic nitrogens is 3. The van der Waals surface area contributed by atoms with Crippen LogP contribution in [0.2, 0.25) is 0 Å². The fraction of sp³-hybridized carbons (Fsp3) is 0.500. The maximum absolute atomic E-state index is 13.1. The Morgan fingerprint density at radius 1 is 1.40 bits per heavy atom. The molecule has 7 heteroatoms. The molecular weight excluding hydrogens is 320 g/mol. The number of amides is 1. The van der Waals surface area contributed by atoms with Crippen molar-refractivity contribution in [3.8, 4) is 5.82 Å². The van der Waals surface area contributed by atoms with Crippen molar-refractivity contribution in [3.63, 3.8) is 0 Å². The average molecular weight is 342 g/mol. The molecule has 1 N–H and O–H groups in total. The Bertz CT molecular complexity index is 761. The van der Waals surface area contributed by atoms with Gasteiger partial charge in [-0.3, -0.25) is 4.79 Å². The van der Waals surface area contributed by atoms with E-state index in [1.807, 2.05) is 30.0 Å². The Kier molecular flexibility index (Phi) is 4.27.